The number of halogens is 3. The van der Waals surface area contributed by atoms with Crippen molar-refractivity contribution in [3.05, 3.63) is 65.9 Å². The second kappa shape index (κ2) is 21.5. The molecule has 0 bridgehead atoms. The van der Waals surface area contributed by atoms with E-state index in [1.807, 2.05) is 20.8 Å². The number of anilines is 4. The number of esters is 1. The van der Waals surface area contributed by atoms with E-state index >= 15 is 0 Å². The fourth-order valence-corrected chi connectivity index (χ4v) is 4.89. The minimum absolute atomic E-state index is 0.0585. The molecule has 0 aliphatic carbocycles. The van der Waals surface area contributed by atoms with E-state index in [0.29, 0.717) is 75.1 Å². The van der Waals surface area contributed by atoms with Crippen LogP contribution in [0.15, 0.2) is 54.7 Å². The van der Waals surface area contributed by atoms with Gasteiger partial charge < -0.3 is 39.1 Å². The third-order valence-corrected chi connectivity index (χ3v) is 8.03. The molecular formula is C35H48F3N5O9S. The minimum Gasteiger partial charge on any atom is -0.491 e. The Morgan fingerprint density at radius 3 is 2.00 bits per heavy atom. The van der Waals surface area contributed by atoms with Gasteiger partial charge in [0.1, 0.15) is 29.3 Å². The average molecular weight is 772 g/mol. The lowest BCUT2D eigenvalue weighted by Gasteiger charge is -2.19. The fraction of sp³-hybridized carbons (Fsp3) is 0.514. The van der Waals surface area contributed by atoms with Crippen molar-refractivity contribution in [2.45, 2.75) is 52.4 Å². The van der Waals surface area contributed by atoms with E-state index in [1.165, 1.54) is 13.0 Å². The number of aromatic nitrogens is 2. The summed E-state index contributed by atoms with van der Waals surface area (Å²) in [6, 6.07) is 13.0. The standard InChI is InChI=1S/C35H48F3N5O9S/c1-5-53(45,46)43-28-8-6-7-26(23-28)24-39-32-30(35(36,37)38)25-40-33(42-32)41-27-9-11-29(12-10-27)51-22-21-50-20-19-49-18-17-48-16-15-47-14-13-31(44)52-34(2,3)4/h6-12,23,25,43H,5,13-22,24H2,1-4H3,(H2,39,40,41,42). The Morgan fingerprint density at radius 1 is 0.811 bits per heavy atom. The molecule has 0 atom stereocenters. The molecule has 0 spiro atoms. The normalized spacial score (nSPS) is 12.0. The van der Waals surface area contributed by atoms with Gasteiger partial charge in [0.15, 0.2) is 0 Å². The van der Waals surface area contributed by atoms with Gasteiger partial charge in [0.05, 0.1) is 65.0 Å². The van der Waals surface area contributed by atoms with Gasteiger partial charge in [-0.05, 0) is 69.7 Å². The first kappa shape index (κ1) is 43.2. The average Bonchev–Trinajstić information content (AvgIpc) is 3.08. The summed E-state index contributed by atoms with van der Waals surface area (Å²) in [6.45, 7) is 10.1. The Morgan fingerprint density at radius 2 is 1.42 bits per heavy atom. The lowest BCUT2D eigenvalue weighted by molar-refractivity contribution is -0.156. The molecule has 0 radical (unpaired) electrons. The fourth-order valence-electron chi connectivity index (χ4n) is 4.26. The van der Waals surface area contributed by atoms with Gasteiger partial charge in [-0.2, -0.15) is 18.2 Å². The van der Waals surface area contributed by atoms with Crippen LogP contribution < -0.4 is 20.1 Å². The smallest absolute Gasteiger partial charge is 0.421 e. The molecule has 53 heavy (non-hydrogen) atoms. The van der Waals surface area contributed by atoms with E-state index in [1.54, 1.807) is 42.5 Å². The maximum Gasteiger partial charge on any atom is 0.421 e. The molecule has 18 heteroatoms. The number of carbonyl (C=O) groups is 1. The van der Waals surface area contributed by atoms with E-state index in [-0.39, 0.29) is 43.8 Å². The maximum absolute atomic E-state index is 13.7. The van der Waals surface area contributed by atoms with Crippen LogP contribution in [-0.4, -0.2) is 95.2 Å². The summed E-state index contributed by atoms with van der Waals surface area (Å²) in [6.07, 6.45) is -3.83. The van der Waals surface area contributed by atoms with E-state index < -0.39 is 33.2 Å². The molecule has 1 heterocycles. The second-order valence-electron chi connectivity index (χ2n) is 12.3. The second-order valence-corrected chi connectivity index (χ2v) is 14.3. The molecule has 3 rings (SSSR count). The largest absolute Gasteiger partial charge is 0.491 e. The highest BCUT2D eigenvalue weighted by molar-refractivity contribution is 7.92. The van der Waals surface area contributed by atoms with Crippen LogP contribution in [0.2, 0.25) is 0 Å². The van der Waals surface area contributed by atoms with Crippen LogP contribution >= 0.6 is 0 Å². The van der Waals surface area contributed by atoms with Gasteiger partial charge in [-0.15, -0.1) is 0 Å². The van der Waals surface area contributed by atoms with Gasteiger partial charge in [0, 0.05) is 24.1 Å². The summed E-state index contributed by atoms with van der Waals surface area (Å²) in [7, 11) is -3.52. The first-order valence-corrected chi connectivity index (χ1v) is 18.6. The molecule has 0 aliphatic heterocycles. The highest BCUT2D eigenvalue weighted by atomic mass is 32.2. The number of ether oxygens (including phenoxy) is 6. The van der Waals surface area contributed by atoms with Gasteiger partial charge in [0.2, 0.25) is 16.0 Å². The van der Waals surface area contributed by atoms with E-state index in [4.69, 9.17) is 28.4 Å². The van der Waals surface area contributed by atoms with Gasteiger partial charge in [-0.3, -0.25) is 9.52 Å². The lowest BCUT2D eigenvalue weighted by Crippen LogP contribution is -2.24. The van der Waals surface area contributed by atoms with Crippen LogP contribution in [0.3, 0.4) is 0 Å². The molecule has 14 nitrogen and oxygen atoms in total. The van der Waals surface area contributed by atoms with Crippen LogP contribution in [0.5, 0.6) is 5.75 Å². The van der Waals surface area contributed by atoms with Crippen molar-refractivity contribution in [2.24, 2.45) is 0 Å². The first-order chi connectivity index (χ1) is 25.1. The zero-order valence-corrected chi connectivity index (χ0v) is 31.1. The molecule has 0 saturated carbocycles. The van der Waals surface area contributed by atoms with Crippen molar-refractivity contribution in [1.82, 2.24) is 9.97 Å². The number of rotatable bonds is 24. The number of alkyl halides is 3. The van der Waals surface area contributed by atoms with Crippen molar-refractivity contribution in [2.75, 3.05) is 80.6 Å². The maximum atomic E-state index is 13.7. The molecule has 2 aromatic carbocycles. The van der Waals surface area contributed by atoms with Gasteiger partial charge in [-0.1, -0.05) is 12.1 Å². The van der Waals surface area contributed by atoms with Gasteiger partial charge >= 0.3 is 12.1 Å². The van der Waals surface area contributed by atoms with Crippen molar-refractivity contribution in [3.8, 4) is 5.75 Å². The van der Waals surface area contributed by atoms with Crippen molar-refractivity contribution in [3.63, 3.8) is 0 Å². The quantitative estimate of drug-likeness (QED) is 0.0740. The number of carbonyl (C=O) groups excluding carboxylic acids is 1. The molecule has 0 unspecified atom stereocenters. The van der Waals surface area contributed by atoms with E-state index in [9.17, 15) is 26.4 Å². The Bertz CT molecular complexity index is 1660. The third-order valence-electron chi connectivity index (χ3n) is 6.73. The van der Waals surface area contributed by atoms with Crippen molar-refractivity contribution < 1.29 is 54.8 Å². The molecule has 0 amide bonds. The summed E-state index contributed by atoms with van der Waals surface area (Å²) < 4.78 is 100. The Balaban J connectivity index is 1.32. The highest BCUT2D eigenvalue weighted by Crippen LogP contribution is 2.34. The Kier molecular flexibility index (Phi) is 17.5. The Hall–Kier alpha value is -4.23. The van der Waals surface area contributed by atoms with Crippen LogP contribution in [-0.2, 0) is 51.2 Å². The zero-order valence-electron chi connectivity index (χ0n) is 30.3. The van der Waals surface area contributed by atoms with Crippen molar-refractivity contribution >= 4 is 39.1 Å². The Labute approximate surface area is 308 Å². The summed E-state index contributed by atoms with van der Waals surface area (Å²) in [5.74, 6) is -0.375. The number of nitrogens with one attached hydrogen (secondary N) is 3. The summed E-state index contributed by atoms with van der Waals surface area (Å²) in [5.41, 5.74) is -0.214. The summed E-state index contributed by atoms with van der Waals surface area (Å²) in [4.78, 5) is 19.5. The van der Waals surface area contributed by atoms with E-state index in [2.05, 4.69) is 25.3 Å². The molecule has 0 aliphatic rings. The summed E-state index contributed by atoms with van der Waals surface area (Å²) >= 11 is 0. The lowest BCUT2D eigenvalue weighted by atomic mass is 10.2. The predicted octanol–water partition coefficient (Wildman–Crippen LogP) is 5.79. The van der Waals surface area contributed by atoms with Crippen LogP contribution in [0, 0.1) is 0 Å². The minimum atomic E-state index is -4.71. The molecule has 3 aromatic rings. The SMILES string of the molecule is CCS(=O)(=O)Nc1cccc(CNc2nc(Nc3ccc(OCCOCCOCCOCCOCCC(=O)OC(C)(C)C)cc3)ncc2C(F)(F)F)c1. The number of sulfonamides is 1. The molecule has 0 saturated heterocycles. The zero-order chi connectivity index (χ0) is 38.7. The van der Waals surface area contributed by atoms with Crippen LogP contribution in [0.4, 0.5) is 36.3 Å². The molecule has 1 aromatic heterocycles. The number of hydrogen-bond donors (Lipinski definition) is 3. The van der Waals surface area contributed by atoms with Crippen molar-refractivity contribution in [1.29, 1.82) is 0 Å². The third kappa shape index (κ3) is 17.9. The number of benzene rings is 2. The molecule has 0 fully saturated rings. The highest BCUT2D eigenvalue weighted by Gasteiger charge is 2.35. The predicted molar refractivity (Wildman–Crippen MR) is 193 cm³/mol. The monoisotopic (exact) mass is 771 g/mol. The van der Waals surface area contributed by atoms with Gasteiger partial charge in [-0.25, -0.2) is 13.4 Å². The number of nitrogens with zero attached hydrogens (tertiary/aromatic N) is 2. The van der Waals surface area contributed by atoms with E-state index in [0.717, 1.165) is 0 Å². The van der Waals surface area contributed by atoms with Gasteiger partial charge in [0.25, 0.3) is 0 Å². The molecule has 3 N–H and O–H groups in total. The first-order valence-electron chi connectivity index (χ1n) is 16.9. The molecular weight excluding hydrogens is 723 g/mol. The van der Waals surface area contributed by atoms with Crippen LogP contribution in [0.25, 0.3) is 0 Å². The van der Waals surface area contributed by atoms with Crippen LogP contribution in [0.1, 0.15) is 45.2 Å². The molecule has 294 valence electrons. The number of hydrogen-bond acceptors (Lipinski definition) is 13. The topological polar surface area (TPSA) is 168 Å². The summed E-state index contributed by atoms with van der Waals surface area (Å²) in [5, 5.41) is 5.58.